The van der Waals surface area contributed by atoms with Crippen molar-refractivity contribution >= 4 is 27.5 Å². The molecule has 4 heteroatoms. The first kappa shape index (κ1) is 18.5. The zero-order chi connectivity index (χ0) is 17.5. The van der Waals surface area contributed by atoms with E-state index in [0.717, 1.165) is 34.3 Å². The highest BCUT2D eigenvalue weighted by atomic mass is 79.9. The predicted molar refractivity (Wildman–Crippen MR) is 103 cm³/mol. The standard InChI is InChI=1S/C20H24BrNO2/c1-4-14-10-11-19(17(21)12-14)24-13-16-15(5-2)8-7-9-18(16)22-20(23)6-3/h7-12H,4-6,13H2,1-3H3,(H,22,23). The van der Waals surface area contributed by atoms with Crippen LogP contribution >= 0.6 is 15.9 Å². The van der Waals surface area contributed by atoms with Crippen LogP contribution in [0.3, 0.4) is 0 Å². The quantitative estimate of drug-likeness (QED) is 0.678. The summed E-state index contributed by atoms with van der Waals surface area (Å²) >= 11 is 3.57. The molecule has 0 fully saturated rings. The number of benzene rings is 2. The number of hydrogen-bond donors (Lipinski definition) is 1. The molecule has 0 unspecified atom stereocenters. The van der Waals surface area contributed by atoms with Gasteiger partial charge in [-0.2, -0.15) is 0 Å². The van der Waals surface area contributed by atoms with Crippen molar-refractivity contribution in [1.82, 2.24) is 0 Å². The number of carbonyl (C=O) groups excluding carboxylic acids is 1. The van der Waals surface area contributed by atoms with E-state index in [1.165, 1.54) is 11.1 Å². The molecule has 0 saturated carbocycles. The number of aryl methyl sites for hydroxylation is 2. The van der Waals surface area contributed by atoms with Gasteiger partial charge in [-0.3, -0.25) is 4.79 Å². The van der Waals surface area contributed by atoms with Gasteiger partial charge in [0.05, 0.1) is 4.47 Å². The van der Waals surface area contributed by atoms with Crippen LogP contribution < -0.4 is 10.1 Å². The summed E-state index contributed by atoms with van der Waals surface area (Å²) in [5.41, 5.74) is 4.32. The molecule has 0 heterocycles. The highest BCUT2D eigenvalue weighted by Crippen LogP contribution is 2.29. The van der Waals surface area contributed by atoms with E-state index in [4.69, 9.17) is 4.74 Å². The van der Waals surface area contributed by atoms with Gasteiger partial charge in [0.1, 0.15) is 12.4 Å². The lowest BCUT2D eigenvalue weighted by molar-refractivity contribution is -0.115. The zero-order valence-corrected chi connectivity index (χ0v) is 16.1. The summed E-state index contributed by atoms with van der Waals surface area (Å²) in [5, 5.41) is 2.97. The van der Waals surface area contributed by atoms with Gasteiger partial charge in [0.15, 0.2) is 0 Å². The molecular formula is C20H24BrNO2. The maximum atomic E-state index is 11.8. The summed E-state index contributed by atoms with van der Waals surface area (Å²) in [6.07, 6.45) is 2.34. The van der Waals surface area contributed by atoms with Crippen LogP contribution in [0.5, 0.6) is 5.75 Å². The van der Waals surface area contributed by atoms with Gasteiger partial charge in [0.25, 0.3) is 0 Å². The van der Waals surface area contributed by atoms with Crippen molar-refractivity contribution in [3.63, 3.8) is 0 Å². The van der Waals surface area contributed by atoms with Crippen LogP contribution in [-0.4, -0.2) is 5.91 Å². The second kappa shape index (κ2) is 8.88. The van der Waals surface area contributed by atoms with E-state index in [-0.39, 0.29) is 5.91 Å². The van der Waals surface area contributed by atoms with E-state index < -0.39 is 0 Å². The van der Waals surface area contributed by atoms with Gasteiger partial charge in [-0.05, 0) is 58.1 Å². The monoisotopic (exact) mass is 389 g/mol. The number of amides is 1. The van der Waals surface area contributed by atoms with Crippen molar-refractivity contribution < 1.29 is 9.53 Å². The molecule has 1 amide bonds. The first-order valence-electron chi connectivity index (χ1n) is 8.40. The fourth-order valence-electron chi connectivity index (χ4n) is 2.52. The molecule has 0 bridgehead atoms. The minimum absolute atomic E-state index is 0.0120. The van der Waals surface area contributed by atoms with Gasteiger partial charge in [-0.25, -0.2) is 0 Å². The molecular weight excluding hydrogens is 366 g/mol. The van der Waals surface area contributed by atoms with Crippen LogP contribution in [0.15, 0.2) is 40.9 Å². The van der Waals surface area contributed by atoms with Crippen molar-refractivity contribution in [1.29, 1.82) is 0 Å². The van der Waals surface area contributed by atoms with Crippen molar-refractivity contribution in [3.05, 3.63) is 57.6 Å². The fraction of sp³-hybridized carbons (Fsp3) is 0.350. The summed E-state index contributed by atoms with van der Waals surface area (Å²) in [6.45, 7) is 6.51. The highest BCUT2D eigenvalue weighted by Gasteiger charge is 2.11. The Kier molecular flexibility index (Phi) is 6.85. The van der Waals surface area contributed by atoms with Crippen LogP contribution in [0.1, 0.15) is 43.9 Å². The molecule has 3 nitrogen and oxygen atoms in total. The highest BCUT2D eigenvalue weighted by molar-refractivity contribution is 9.10. The van der Waals surface area contributed by atoms with E-state index in [1.54, 1.807) is 0 Å². The second-order valence-electron chi connectivity index (χ2n) is 5.61. The van der Waals surface area contributed by atoms with Crippen molar-refractivity contribution in [3.8, 4) is 5.75 Å². The summed E-state index contributed by atoms with van der Waals surface area (Å²) in [6, 6.07) is 12.1. The number of halogens is 1. The average molecular weight is 390 g/mol. The minimum atomic E-state index is 0.0120. The zero-order valence-electron chi connectivity index (χ0n) is 14.5. The van der Waals surface area contributed by atoms with Gasteiger partial charge in [0, 0.05) is 17.7 Å². The Labute approximate surface area is 152 Å². The van der Waals surface area contributed by atoms with E-state index in [2.05, 4.69) is 53.3 Å². The number of nitrogens with one attached hydrogen (secondary N) is 1. The molecule has 0 aliphatic heterocycles. The number of ether oxygens (including phenoxy) is 1. The molecule has 0 saturated heterocycles. The summed E-state index contributed by atoms with van der Waals surface area (Å²) in [7, 11) is 0. The molecule has 1 N–H and O–H groups in total. The molecule has 2 aromatic rings. The lowest BCUT2D eigenvalue weighted by Crippen LogP contribution is -2.13. The maximum Gasteiger partial charge on any atom is 0.224 e. The van der Waals surface area contributed by atoms with Gasteiger partial charge < -0.3 is 10.1 Å². The van der Waals surface area contributed by atoms with Crippen LogP contribution in [-0.2, 0) is 24.2 Å². The molecule has 0 aliphatic carbocycles. The third-order valence-corrected chi connectivity index (χ3v) is 4.65. The van der Waals surface area contributed by atoms with Crippen LogP contribution in [0.2, 0.25) is 0 Å². The minimum Gasteiger partial charge on any atom is -0.488 e. The van der Waals surface area contributed by atoms with Crippen molar-refractivity contribution in [2.45, 2.75) is 46.6 Å². The van der Waals surface area contributed by atoms with Crippen molar-refractivity contribution in [2.75, 3.05) is 5.32 Å². The Morgan fingerprint density at radius 2 is 1.92 bits per heavy atom. The second-order valence-corrected chi connectivity index (χ2v) is 6.46. The lowest BCUT2D eigenvalue weighted by Gasteiger charge is -2.16. The number of rotatable bonds is 7. The lowest BCUT2D eigenvalue weighted by atomic mass is 10.0. The molecule has 0 spiro atoms. The van der Waals surface area contributed by atoms with Gasteiger partial charge in [0.2, 0.25) is 5.91 Å². The number of carbonyl (C=O) groups is 1. The molecule has 0 aromatic heterocycles. The summed E-state index contributed by atoms with van der Waals surface area (Å²) in [4.78, 5) is 11.8. The number of hydrogen-bond acceptors (Lipinski definition) is 2. The smallest absolute Gasteiger partial charge is 0.224 e. The normalized spacial score (nSPS) is 10.5. The van der Waals surface area contributed by atoms with Gasteiger partial charge >= 0.3 is 0 Å². The van der Waals surface area contributed by atoms with E-state index in [9.17, 15) is 4.79 Å². The maximum absolute atomic E-state index is 11.8. The van der Waals surface area contributed by atoms with E-state index in [0.29, 0.717) is 13.0 Å². The SMILES string of the molecule is CCC(=O)Nc1cccc(CC)c1COc1ccc(CC)cc1Br. The van der Waals surface area contributed by atoms with Crippen LogP contribution in [0.25, 0.3) is 0 Å². The fourth-order valence-corrected chi connectivity index (χ4v) is 3.06. The first-order chi connectivity index (χ1) is 11.6. The Morgan fingerprint density at radius 1 is 1.12 bits per heavy atom. The first-order valence-corrected chi connectivity index (χ1v) is 9.20. The third kappa shape index (κ3) is 4.60. The van der Waals surface area contributed by atoms with Crippen LogP contribution in [0, 0.1) is 0 Å². The molecule has 24 heavy (non-hydrogen) atoms. The summed E-state index contributed by atoms with van der Waals surface area (Å²) in [5.74, 6) is 0.823. The molecule has 0 aliphatic rings. The molecule has 0 radical (unpaired) electrons. The number of anilines is 1. The van der Waals surface area contributed by atoms with Gasteiger partial charge in [-0.1, -0.05) is 39.0 Å². The molecule has 128 valence electrons. The van der Waals surface area contributed by atoms with Crippen LogP contribution in [0.4, 0.5) is 5.69 Å². The molecule has 2 rings (SSSR count). The predicted octanol–water partition coefficient (Wildman–Crippen LogP) is 5.50. The Morgan fingerprint density at radius 3 is 2.54 bits per heavy atom. The summed E-state index contributed by atoms with van der Waals surface area (Å²) < 4.78 is 6.98. The Balaban J connectivity index is 2.23. The average Bonchev–Trinajstić information content (AvgIpc) is 2.60. The molecule has 2 aromatic carbocycles. The third-order valence-electron chi connectivity index (χ3n) is 4.03. The van der Waals surface area contributed by atoms with E-state index in [1.807, 2.05) is 25.1 Å². The largest absolute Gasteiger partial charge is 0.488 e. The Bertz CT molecular complexity index is 713. The van der Waals surface area contributed by atoms with Crippen molar-refractivity contribution in [2.24, 2.45) is 0 Å². The molecule has 0 atom stereocenters. The Hall–Kier alpha value is -1.81. The van der Waals surface area contributed by atoms with Gasteiger partial charge in [-0.15, -0.1) is 0 Å². The van der Waals surface area contributed by atoms with E-state index >= 15 is 0 Å². The topological polar surface area (TPSA) is 38.3 Å².